The molecule has 2 unspecified atom stereocenters. The molecule has 1 heterocycles. The summed E-state index contributed by atoms with van der Waals surface area (Å²) in [5, 5.41) is 1.16. The summed E-state index contributed by atoms with van der Waals surface area (Å²) in [5.41, 5.74) is 7.11. The van der Waals surface area contributed by atoms with Crippen molar-refractivity contribution in [3.8, 4) is 0 Å². The van der Waals surface area contributed by atoms with Gasteiger partial charge in [-0.25, -0.2) is 0 Å². The van der Waals surface area contributed by atoms with Crippen LogP contribution in [0, 0.1) is 0 Å². The van der Waals surface area contributed by atoms with E-state index in [1.807, 2.05) is 12.1 Å². The number of hydrogen-bond donors (Lipinski definition) is 1. The minimum Gasteiger partial charge on any atom is -0.378 e. The largest absolute Gasteiger partial charge is 0.378 e. The SMILES string of the molecule is NC(CCCC1CCCO1)c1cccc(Cl)c1Cl. The molecule has 18 heavy (non-hydrogen) atoms. The van der Waals surface area contributed by atoms with E-state index in [2.05, 4.69) is 0 Å². The fourth-order valence-electron chi connectivity index (χ4n) is 2.40. The van der Waals surface area contributed by atoms with Crippen molar-refractivity contribution in [3.05, 3.63) is 33.8 Å². The molecule has 0 bridgehead atoms. The van der Waals surface area contributed by atoms with Gasteiger partial charge in [-0.2, -0.15) is 0 Å². The lowest BCUT2D eigenvalue weighted by molar-refractivity contribution is 0.101. The number of nitrogens with two attached hydrogens (primary N) is 1. The molecule has 1 fully saturated rings. The zero-order valence-corrected chi connectivity index (χ0v) is 11.9. The van der Waals surface area contributed by atoms with Crippen LogP contribution < -0.4 is 5.73 Å². The predicted molar refractivity (Wildman–Crippen MR) is 76.2 cm³/mol. The van der Waals surface area contributed by atoms with Crippen molar-refractivity contribution in [2.45, 2.75) is 44.2 Å². The highest BCUT2D eigenvalue weighted by molar-refractivity contribution is 6.42. The van der Waals surface area contributed by atoms with E-state index in [1.54, 1.807) is 6.07 Å². The lowest BCUT2D eigenvalue weighted by atomic mass is 10.00. The van der Waals surface area contributed by atoms with Crippen LogP contribution in [-0.4, -0.2) is 12.7 Å². The highest BCUT2D eigenvalue weighted by Crippen LogP contribution is 2.31. The van der Waals surface area contributed by atoms with Gasteiger partial charge in [-0.3, -0.25) is 0 Å². The minimum absolute atomic E-state index is 0.0439. The van der Waals surface area contributed by atoms with Crippen molar-refractivity contribution >= 4 is 23.2 Å². The predicted octanol–water partition coefficient (Wildman–Crippen LogP) is 4.34. The standard InChI is InChI=1S/C14H19Cl2NO/c15-12-7-2-6-11(14(12)16)13(17)8-1-4-10-5-3-9-18-10/h2,6-7,10,13H,1,3-5,8-9,17H2. The van der Waals surface area contributed by atoms with Crippen molar-refractivity contribution in [1.82, 2.24) is 0 Å². The topological polar surface area (TPSA) is 35.2 Å². The van der Waals surface area contributed by atoms with E-state index in [9.17, 15) is 0 Å². The third-order valence-corrected chi connectivity index (χ3v) is 4.28. The van der Waals surface area contributed by atoms with Crippen LogP contribution in [0.15, 0.2) is 18.2 Å². The van der Waals surface area contributed by atoms with Gasteiger partial charge in [0.25, 0.3) is 0 Å². The third-order valence-electron chi connectivity index (χ3n) is 3.45. The van der Waals surface area contributed by atoms with Crippen molar-refractivity contribution in [3.63, 3.8) is 0 Å². The van der Waals surface area contributed by atoms with Crippen molar-refractivity contribution in [1.29, 1.82) is 0 Å². The summed E-state index contributed by atoms with van der Waals surface area (Å²) in [5.74, 6) is 0. The third kappa shape index (κ3) is 3.61. The molecule has 1 aromatic carbocycles. The zero-order chi connectivity index (χ0) is 13.0. The molecule has 2 atom stereocenters. The summed E-state index contributed by atoms with van der Waals surface area (Å²) in [6, 6.07) is 5.58. The molecule has 1 saturated heterocycles. The highest BCUT2D eigenvalue weighted by atomic mass is 35.5. The molecule has 0 radical (unpaired) electrons. The Balaban J connectivity index is 1.83. The quantitative estimate of drug-likeness (QED) is 0.874. The smallest absolute Gasteiger partial charge is 0.0639 e. The van der Waals surface area contributed by atoms with Crippen molar-refractivity contribution < 1.29 is 4.74 Å². The van der Waals surface area contributed by atoms with Crippen molar-refractivity contribution in [2.75, 3.05) is 6.61 Å². The van der Waals surface area contributed by atoms with Crippen LogP contribution in [0.25, 0.3) is 0 Å². The first-order chi connectivity index (χ1) is 8.68. The van der Waals surface area contributed by atoms with E-state index in [0.29, 0.717) is 16.1 Å². The number of hydrogen-bond acceptors (Lipinski definition) is 2. The van der Waals surface area contributed by atoms with Gasteiger partial charge in [0.2, 0.25) is 0 Å². The molecule has 2 N–H and O–H groups in total. The molecule has 4 heteroatoms. The lowest BCUT2D eigenvalue weighted by Crippen LogP contribution is -2.12. The number of rotatable bonds is 5. The van der Waals surface area contributed by atoms with E-state index in [4.69, 9.17) is 33.7 Å². The molecule has 0 spiro atoms. The van der Waals surface area contributed by atoms with Gasteiger partial charge in [0, 0.05) is 12.6 Å². The van der Waals surface area contributed by atoms with Crippen LogP contribution in [0.4, 0.5) is 0 Å². The van der Waals surface area contributed by atoms with E-state index < -0.39 is 0 Å². The second kappa shape index (κ2) is 6.76. The molecule has 1 aromatic rings. The summed E-state index contributed by atoms with van der Waals surface area (Å²) in [6.07, 6.45) is 5.89. The van der Waals surface area contributed by atoms with Crippen LogP contribution in [0.5, 0.6) is 0 Å². The molecular weight excluding hydrogens is 269 g/mol. The minimum atomic E-state index is -0.0439. The summed E-state index contributed by atoms with van der Waals surface area (Å²) in [7, 11) is 0. The lowest BCUT2D eigenvalue weighted by Gasteiger charge is -2.15. The normalized spacial score (nSPS) is 21.2. The Bertz CT molecular complexity index is 391. The Morgan fingerprint density at radius 3 is 2.94 bits per heavy atom. The molecule has 2 rings (SSSR count). The van der Waals surface area contributed by atoms with Crippen LogP contribution >= 0.6 is 23.2 Å². The summed E-state index contributed by atoms with van der Waals surface area (Å²) in [6.45, 7) is 0.914. The van der Waals surface area contributed by atoms with Crippen LogP contribution in [0.2, 0.25) is 10.0 Å². The number of benzene rings is 1. The Kier molecular flexibility index (Phi) is 5.31. The molecule has 100 valence electrons. The van der Waals surface area contributed by atoms with Gasteiger partial charge in [0.1, 0.15) is 0 Å². The monoisotopic (exact) mass is 287 g/mol. The molecule has 0 saturated carbocycles. The highest BCUT2D eigenvalue weighted by Gasteiger charge is 2.17. The van der Waals surface area contributed by atoms with Crippen LogP contribution in [0.1, 0.15) is 43.7 Å². The van der Waals surface area contributed by atoms with E-state index in [0.717, 1.165) is 31.4 Å². The van der Waals surface area contributed by atoms with E-state index in [1.165, 1.54) is 12.8 Å². The molecule has 1 aliphatic heterocycles. The van der Waals surface area contributed by atoms with Crippen LogP contribution in [-0.2, 0) is 4.74 Å². The fraction of sp³-hybridized carbons (Fsp3) is 0.571. The van der Waals surface area contributed by atoms with Gasteiger partial charge in [-0.1, -0.05) is 35.3 Å². The molecule has 0 aromatic heterocycles. The maximum atomic E-state index is 6.17. The Hall–Kier alpha value is -0.280. The van der Waals surface area contributed by atoms with Crippen LogP contribution in [0.3, 0.4) is 0 Å². The van der Waals surface area contributed by atoms with Crippen molar-refractivity contribution in [2.24, 2.45) is 5.73 Å². The van der Waals surface area contributed by atoms with E-state index >= 15 is 0 Å². The Morgan fingerprint density at radius 1 is 1.39 bits per heavy atom. The first kappa shape index (κ1) is 14.1. The maximum absolute atomic E-state index is 6.17. The van der Waals surface area contributed by atoms with Gasteiger partial charge in [-0.05, 0) is 43.7 Å². The van der Waals surface area contributed by atoms with Gasteiger partial charge < -0.3 is 10.5 Å². The summed E-state index contributed by atoms with van der Waals surface area (Å²) in [4.78, 5) is 0. The van der Waals surface area contributed by atoms with Gasteiger partial charge >= 0.3 is 0 Å². The molecule has 2 nitrogen and oxygen atoms in total. The zero-order valence-electron chi connectivity index (χ0n) is 10.4. The molecule has 1 aliphatic rings. The average Bonchev–Trinajstić information content (AvgIpc) is 2.85. The summed E-state index contributed by atoms with van der Waals surface area (Å²) >= 11 is 12.1. The first-order valence-corrected chi connectivity index (χ1v) is 7.25. The van der Waals surface area contributed by atoms with Gasteiger partial charge in [0.05, 0.1) is 16.1 Å². The maximum Gasteiger partial charge on any atom is 0.0639 e. The van der Waals surface area contributed by atoms with E-state index in [-0.39, 0.29) is 6.04 Å². The first-order valence-electron chi connectivity index (χ1n) is 6.49. The number of ether oxygens (including phenoxy) is 1. The second-order valence-electron chi connectivity index (χ2n) is 4.82. The van der Waals surface area contributed by atoms with Gasteiger partial charge in [0.15, 0.2) is 0 Å². The molecule has 0 aliphatic carbocycles. The average molecular weight is 288 g/mol. The number of halogens is 2. The second-order valence-corrected chi connectivity index (χ2v) is 5.60. The van der Waals surface area contributed by atoms with Gasteiger partial charge in [-0.15, -0.1) is 0 Å². The summed E-state index contributed by atoms with van der Waals surface area (Å²) < 4.78 is 5.60. The molecule has 0 amide bonds. The Labute approximate surface area is 118 Å². The fourth-order valence-corrected chi connectivity index (χ4v) is 2.85. The Morgan fingerprint density at radius 2 is 2.22 bits per heavy atom. The molecular formula is C14H19Cl2NO.